The van der Waals surface area contributed by atoms with Gasteiger partial charge >= 0.3 is 0 Å². The predicted molar refractivity (Wildman–Crippen MR) is 66.4 cm³/mol. The van der Waals surface area contributed by atoms with Crippen LogP contribution in [0, 0.1) is 0 Å². The lowest BCUT2D eigenvalue weighted by Gasteiger charge is -2.02. The fourth-order valence-electron chi connectivity index (χ4n) is 1.42. The molecule has 0 amide bonds. The highest BCUT2D eigenvalue weighted by Gasteiger charge is 1.95. The largest absolute Gasteiger partial charge is 0.332 e. The normalized spacial score (nSPS) is 11.8. The van der Waals surface area contributed by atoms with E-state index in [9.17, 15) is 0 Å². The molecule has 0 saturated carbocycles. The first kappa shape index (κ1) is 10.9. The average molecular weight is 234 g/mol. The third kappa shape index (κ3) is 2.94. The smallest absolute Gasteiger partial charge is 0.0949 e. The molecule has 1 heterocycles. The van der Waals surface area contributed by atoms with Crippen LogP contribution in [-0.4, -0.2) is 15.3 Å². The van der Waals surface area contributed by atoms with Gasteiger partial charge in [-0.2, -0.15) is 0 Å². The van der Waals surface area contributed by atoms with Crippen LogP contribution in [0.3, 0.4) is 0 Å². The molecule has 0 spiro atoms. The summed E-state index contributed by atoms with van der Waals surface area (Å²) in [6.07, 6.45) is 5.46. The maximum Gasteiger partial charge on any atom is 0.0949 e. The average Bonchev–Trinajstić information content (AvgIpc) is 2.74. The molecule has 0 saturated heterocycles. The van der Waals surface area contributed by atoms with Crippen LogP contribution in [0.25, 0.3) is 0 Å². The topological polar surface area (TPSA) is 30.2 Å². The number of imidazole rings is 1. The van der Waals surface area contributed by atoms with E-state index in [1.165, 1.54) is 0 Å². The maximum absolute atomic E-state index is 5.80. The van der Waals surface area contributed by atoms with E-state index < -0.39 is 0 Å². The Morgan fingerprint density at radius 3 is 2.75 bits per heavy atom. The van der Waals surface area contributed by atoms with Gasteiger partial charge in [0.25, 0.3) is 0 Å². The van der Waals surface area contributed by atoms with Gasteiger partial charge in [-0.3, -0.25) is 4.99 Å². The van der Waals surface area contributed by atoms with Gasteiger partial charge < -0.3 is 4.57 Å². The van der Waals surface area contributed by atoms with Crippen LogP contribution in [0.1, 0.15) is 6.92 Å². The second-order valence-corrected chi connectivity index (χ2v) is 3.99. The minimum atomic E-state index is 0.728. The van der Waals surface area contributed by atoms with Crippen molar-refractivity contribution in [1.82, 2.24) is 9.55 Å². The zero-order valence-corrected chi connectivity index (χ0v) is 9.72. The van der Waals surface area contributed by atoms with Crippen molar-refractivity contribution in [2.45, 2.75) is 13.5 Å². The fraction of sp³-hybridized carbons (Fsp3) is 0.167. The van der Waals surface area contributed by atoms with Gasteiger partial charge in [0.1, 0.15) is 0 Å². The molecule has 0 atom stereocenters. The first-order valence-electron chi connectivity index (χ1n) is 4.99. The van der Waals surface area contributed by atoms with Gasteiger partial charge in [-0.05, 0) is 31.2 Å². The Bertz CT molecular complexity index is 471. The van der Waals surface area contributed by atoms with E-state index >= 15 is 0 Å². The Labute approximate surface area is 99.4 Å². The summed E-state index contributed by atoms with van der Waals surface area (Å²) in [5, 5.41) is 0.728. The van der Waals surface area contributed by atoms with E-state index in [2.05, 4.69) is 9.98 Å². The summed E-state index contributed by atoms with van der Waals surface area (Å²) in [4.78, 5) is 8.47. The summed E-state index contributed by atoms with van der Waals surface area (Å²) >= 11 is 5.80. The number of hydrogen-bond donors (Lipinski definition) is 0. The van der Waals surface area contributed by atoms with Crippen LogP contribution < -0.4 is 0 Å². The molecule has 1 aromatic heterocycles. The Morgan fingerprint density at radius 2 is 2.12 bits per heavy atom. The second kappa shape index (κ2) is 4.94. The summed E-state index contributed by atoms with van der Waals surface area (Å²) in [6.45, 7) is 2.75. The molecule has 0 unspecified atom stereocenters. The molecular formula is C12H12ClN3. The van der Waals surface area contributed by atoms with Crippen LogP contribution in [-0.2, 0) is 6.54 Å². The molecular weight excluding hydrogens is 222 g/mol. The number of rotatable bonds is 3. The van der Waals surface area contributed by atoms with Gasteiger partial charge in [0, 0.05) is 23.1 Å². The Balaban J connectivity index is 2.09. The molecule has 0 fully saturated rings. The molecule has 16 heavy (non-hydrogen) atoms. The van der Waals surface area contributed by atoms with E-state index in [-0.39, 0.29) is 0 Å². The first-order valence-corrected chi connectivity index (χ1v) is 5.37. The Morgan fingerprint density at radius 1 is 1.38 bits per heavy atom. The monoisotopic (exact) mass is 233 g/mol. The Hall–Kier alpha value is -1.61. The SMILES string of the molecule is CC(Cn1ccnc1)=Nc1ccc(Cl)cc1. The minimum absolute atomic E-state index is 0.728. The molecule has 0 radical (unpaired) electrons. The Kier molecular flexibility index (Phi) is 3.37. The number of aliphatic imine (C=N–C) groups is 1. The van der Waals surface area contributed by atoms with Gasteiger partial charge in [-0.25, -0.2) is 4.98 Å². The van der Waals surface area contributed by atoms with E-state index in [0.29, 0.717) is 0 Å². The summed E-state index contributed by atoms with van der Waals surface area (Å²) in [5.41, 5.74) is 1.95. The third-order valence-corrected chi connectivity index (χ3v) is 2.37. The summed E-state index contributed by atoms with van der Waals surface area (Å²) in [6, 6.07) is 7.48. The van der Waals surface area contributed by atoms with Gasteiger partial charge in [0.05, 0.1) is 18.6 Å². The van der Waals surface area contributed by atoms with Crippen molar-refractivity contribution in [1.29, 1.82) is 0 Å². The quantitative estimate of drug-likeness (QED) is 0.748. The van der Waals surface area contributed by atoms with Crippen molar-refractivity contribution >= 4 is 23.0 Å². The predicted octanol–water partition coefficient (Wildman–Crippen LogP) is 3.33. The third-order valence-electron chi connectivity index (χ3n) is 2.12. The number of hydrogen-bond acceptors (Lipinski definition) is 2. The zero-order chi connectivity index (χ0) is 11.4. The van der Waals surface area contributed by atoms with Crippen molar-refractivity contribution in [3.8, 4) is 0 Å². The highest BCUT2D eigenvalue weighted by atomic mass is 35.5. The van der Waals surface area contributed by atoms with Crippen molar-refractivity contribution < 1.29 is 0 Å². The molecule has 82 valence electrons. The van der Waals surface area contributed by atoms with Crippen molar-refractivity contribution in [2.75, 3.05) is 0 Å². The fourth-order valence-corrected chi connectivity index (χ4v) is 1.54. The highest BCUT2D eigenvalue weighted by Crippen LogP contribution is 2.16. The molecule has 4 heteroatoms. The van der Waals surface area contributed by atoms with Gasteiger partial charge in [0.2, 0.25) is 0 Å². The van der Waals surface area contributed by atoms with Gasteiger partial charge in [-0.15, -0.1) is 0 Å². The number of benzene rings is 1. The molecule has 1 aromatic carbocycles. The lowest BCUT2D eigenvalue weighted by atomic mass is 10.3. The highest BCUT2D eigenvalue weighted by molar-refractivity contribution is 6.30. The summed E-state index contributed by atoms with van der Waals surface area (Å²) in [5.74, 6) is 0. The molecule has 0 aliphatic rings. The van der Waals surface area contributed by atoms with E-state index in [1.54, 1.807) is 12.5 Å². The van der Waals surface area contributed by atoms with E-state index in [1.807, 2.05) is 42.0 Å². The van der Waals surface area contributed by atoms with Gasteiger partial charge in [0.15, 0.2) is 0 Å². The standard InChI is InChI=1S/C12H12ClN3/c1-10(8-16-7-6-14-9-16)15-12-4-2-11(13)3-5-12/h2-7,9H,8H2,1H3. The molecule has 0 aliphatic carbocycles. The molecule has 3 nitrogen and oxygen atoms in total. The van der Waals surface area contributed by atoms with Crippen LogP contribution in [0.4, 0.5) is 5.69 Å². The number of aromatic nitrogens is 2. The lowest BCUT2D eigenvalue weighted by Crippen LogP contribution is -2.03. The van der Waals surface area contributed by atoms with Crippen LogP contribution in [0.15, 0.2) is 48.0 Å². The van der Waals surface area contributed by atoms with E-state index in [4.69, 9.17) is 11.6 Å². The molecule has 0 bridgehead atoms. The van der Waals surface area contributed by atoms with Gasteiger partial charge in [-0.1, -0.05) is 11.6 Å². The number of halogens is 1. The van der Waals surface area contributed by atoms with Crippen molar-refractivity contribution in [3.63, 3.8) is 0 Å². The van der Waals surface area contributed by atoms with Crippen molar-refractivity contribution in [2.24, 2.45) is 4.99 Å². The van der Waals surface area contributed by atoms with Crippen LogP contribution >= 0.6 is 11.6 Å². The molecule has 2 aromatic rings. The second-order valence-electron chi connectivity index (χ2n) is 3.56. The van der Waals surface area contributed by atoms with E-state index in [0.717, 1.165) is 23.0 Å². The maximum atomic E-state index is 5.80. The minimum Gasteiger partial charge on any atom is -0.332 e. The molecule has 2 rings (SSSR count). The van der Waals surface area contributed by atoms with Crippen LogP contribution in [0.5, 0.6) is 0 Å². The first-order chi connectivity index (χ1) is 7.74. The van der Waals surface area contributed by atoms with Crippen LogP contribution in [0.2, 0.25) is 5.02 Å². The molecule has 0 N–H and O–H groups in total. The molecule has 0 aliphatic heterocycles. The zero-order valence-electron chi connectivity index (χ0n) is 8.97. The summed E-state index contributed by atoms with van der Waals surface area (Å²) < 4.78 is 1.98. The summed E-state index contributed by atoms with van der Waals surface area (Å²) in [7, 11) is 0. The van der Waals surface area contributed by atoms with Crippen molar-refractivity contribution in [3.05, 3.63) is 48.0 Å². The number of nitrogens with zero attached hydrogens (tertiary/aromatic N) is 3. The lowest BCUT2D eigenvalue weighted by molar-refractivity contribution is 0.847.